The van der Waals surface area contributed by atoms with Gasteiger partial charge in [-0.05, 0) is 60.7 Å². The quantitative estimate of drug-likeness (QED) is 0.543. The molecule has 0 bridgehead atoms. The molecule has 134 valence electrons. The Bertz CT molecular complexity index is 883. The highest BCUT2D eigenvalue weighted by atomic mass is 79.9. The number of amides is 2. The predicted molar refractivity (Wildman–Crippen MR) is 108 cm³/mol. The summed E-state index contributed by atoms with van der Waals surface area (Å²) in [4.78, 5) is 26.6. The fourth-order valence-electron chi connectivity index (χ4n) is 2.47. The van der Waals surface area contributed by atoms with Crippen LogP contribution in [-0.4, -0.2) is 22.7 Å². The van der Waals surface area contributed by atoms with Gasteiger partial charge in [-0.25, -0.2) is 0 Å². The Hall–Kier alpha value is -1.76. The molecule has 1 saturated heterocycles. The SMILES string of the molecule is CCOc1ccc(Br)cc1/C=C1\SC(=O)N(Cc2ccc(Cl)cc2)C1=O. The van der Waals surface area contributed by atoms with Gasteiger partial charge >= 0.3 is 0 Å². The standard InChI is InChI=1S/C19H15BrClNO3S/c1-2-25-16-8-5-14(20)9-13(16)10-17-18(23)22(19(24)26-17)11-12-3-6-15(21)7-4-12/h3-10H,2,11H2,1H3/b17-10-. The number of carbonyl (C=O) groups excluding carboxylic acids is 2. The molecule has 0 unspecified atom stereocenters. The molecule has 1 aliphatic heterocycles. The van der Waals surface area contributed by atoms with E-state index in [4.69, 9.17) is 16.3 Å². The molecule has 1 fully saturated rings. The van der Waals surface area contributed by atoms with Crippen molar-refractivity contribution in [3.05, 3.63) is 68.0 Å². The number of thioether (sulfide) groups is 1. The lowest BCUT2D eigenvalue weighted by atomic mass is 10.1. The van der Waals surface area contributed by atoms with Crippen molar-refractivity contribution < 1.29 is 14.3 Å². The van der Waals surface area contributed by atoms with Crippen LogP contribution in [0.4, 0.5) is 4.79 Å². The molecule has 4 nitrogen and oxygen atoms in total. The first-order valence-electron chi connectivity index (χ1n) is 7.90. The number of hydrogen-bond acceptors (Lipinski definition) is 4. The van der Waals surface area contributed by atoms with Crippen LogP contribution >= 0.6 is 39.3 Å². The summed E-state index contributed by atoms with van der Waals surface area (Å²) in [7, 11) is 0. The highest BCUT2D eigenvalue weighted by Crippen LogP contribution is 2.35. The normalized spacial score (nSPS) is 15.8. The molecule has 26 heavy (non-hydrogen) atoms. The second-order valence-electron chi connectivity index (χ2n) is 5.51. The van der Waals surface area contributed by atoms with Crippen LogP contribution in [0.2, 0.25) is 5.02 Å². The Kier molecular flexibility index (Phi) is 6.06. The summed E-state index contributed by atoms with van der Waals surface area (Å²) < 4.78 is 6.47. The van der Waals surface area contributed by atoms with E-state index in [1.165, 1.54) is 4.90 Å². The molecule has 0 atom stereocenters. The molecule has 2 aromatic rings. The van der Waals surface area contributed by atoms with E-state index in [1.54, 1.807) is 30.3 Å². The van der Waals surface area contributed by atoms with E-state index in [1.807, 2.05) is 25.1 Å². The van der Waals surface area contributed by atoms with Gasteiger partial charge in [0.2, 0.25) is 0 Å². The molecular weight excluding hydrogens is 438 g/mol. The van der Waals surface area contributed by atoms with E-state index in [0.29, 0.717) is 22.3 Å². The van der Waals surface area contributed by atoms with E-state index in [-0.39, 0.29) is 17.7 Å². The summed E-state index contributed by atoms with van der Waals surface area (Å²) in [6.45, 7) is 2.63. The topological polar surface area (TPSA) is 46.6 Å². The van der Waals surface area contributed by atoms with Gasteiger partial charge in [0.15, 0.2) is 0 Å². The van der Waals surface area contributed by atoms with Crippen molar-refractivity contribution in [1.29, 1.82) is 0 Å². The lowest BCUT2D eigenvalue weighted by Crippen LogP contribution is -2.27. The molecule has 0 spiro atoms. The maximum absolute atomic E-state index is 12.7. The highest BCUT2D eigenvalue weighted by molar-refractivity contribution is 9.10. The van der Waals surface area contributed by atoms with Crippen LogP contribution in [0.25, 0.3) is 6.08 Å². The monoisotopic (exact) mass is 451 g/mol. The molecule has 7 heteroatoms. The zero-order chi connectivity index (χ0) is 18.7. The Labute approximate surface area is 169 Å². The maximum Gasteiger partial charge on any atom is 0.293 e. The molecule has 0 N–H and O–H groups in total. The van der Waals surface area contributed by atoms with Crippen molar-refractivity contribution in [2.24, 2.45) is 0 Å². The van der Waals surface area contributed by atoms with E-state index in [0.717, 1.165) is 27.4 Å². The van der Waals surface area contributed by atoms with E-state index in [2.05, 4.69) is 15.9 Å². The molecule has 2 amide bonds. The van der Waals surface area contributed by atoms with E-state index >= 15 is 0 Å². The average Bonchev–Trinajstić information content (AvgIpc) is 2.87. The number of imide groups is 1. The van der Waals surface area contributed by atoms with Crippen LogP contribution in [0, 0.1) is 0 Å². The lowest BCUT2D eigenvalue weighted by molar-refractivity contribution is -0.123. The van der Waals surface area contributed by atoms with Gasteiger partial charge in [0.1, 0.15) is 5.75 Å². The number of carbonyl (C=O) groups is 2. The van der Waals surface area contributed by atoms with Crippen molar-refractivity contribution >= 4 is 56.5 Å². The molecule has 3 rings (SSSR count). The second-order valence-corrected chi connectivity index (χ2v) is 7.85. The van der Waals surface area contributed by atoms with Crippen LogP contribution in [0.1, 0.15) is 18.1 Å². The average molecular weight is 453 g/mol. The van der Waals surface area contributed by atoms with Crippen molar-refractivity contribution in [2.75, 3.05) is 6.61 Å². The van der Waals surface area contributed by atoms with Gasteiger partial charge in [-0.15, -0.1) is 0 Å². The Morgan fingerprint density at radius 3 is 2.62 bits per heavy atom. The van der Waals surface area contributed by atoms with Gasteiger partial charge in [0.25, 0.3) is 11.1 Å². The number of ether oxygens (including phenoxy) is 1. The smallest absolute Gasteiger partial charge is 0.293 e. The minimum Gasteiger partial charge on any atom is -0.493 e. The molecule has 0 aliphatic carbocycles. The van der Waals surface area contributed by atoms with Crippen LogP contribution in [0.3, 0.4) is 0 Å². The molecule has 0 aromatic heterocycles. The predicted octanol–water partition coefficient (Wildman–Crippen LogP) is 5.74. The van der Waals surface area contributed by atoms with Crippen LogP contribution < -0.4 is 4.74 Å². The van der Waals surface area contributed by atoms with Gasteiger partial charge in [-0.2, -0.15) is 0 Å². The summed E-state index contributed by atoms with van der Waals surface area (Å²) in [6, 6.07) is 12.6. The minimum absolute atomic E-state index is 0.218. The number of halogens is 2. The first-order valence-corrected chi connectivity index (χ1v) is 9.89. The zero-order valence-corrected chi connectivity index (χ0v) is 17.0. The van der Waals surface area contributed by atoms with Crippen molar-refractivity contribution in [1.82, 2.24) is 4.90 Å². The fourth-order valence-corrected chi connectivity index (χ4v) is 3.80. The largest absolute Gasteiger partial charge is 0.493 e. The number of rotatable bonds is 5. The molecule has 2 aromatic carbocycles. The summed E-state index contributed by atoms with van der Waals surface area (Å²) in [5.41, 5.74) is 1.59. The molecular formula is C19H15BrClNO3S. The van der Waals surface area contributed by atoms with Gasteiger partial charge in [0.05, 0.1) is 18.1 Å². The first-order chi connectivity index (χ1) is 12.5. The van der Waals surface area contributed by atoms with Crippen LogP contribution in [0.5, 0.6) is 5.75 Å². The highest BCUT2D eigenvalue weighted by Gasteiger charge is 2.35. The lowest BCUT2D eigenvalue weighted by Gasteiger charge is -2.12. The van der Waals surface area contributed by atoms with E-state index < -0.39 is 0 Å². The van der Waals surface area contributed by atoms with Crippen LogP contribution in [-0.2, 0) is 11.3 Å². The Morgan fingerprint density at radius 2 is 1.92 bits per heavy atom. The number of nitrogens with zero attached hydrogens (tertiary/aromatic N) is 1. The van der Waals surface area contributed by atoms with Crippen molar-refractivity contribution in [3.8, 4) is 5.75 Å². The van der Waals surface area contributed by atoms with Gasteiger partial charge in [0, 0.05) is 15.1 Å². The van der Waals surface area contributed by atoms with Crippen molar-refractivity contribution in [2.45, 2.75) is 13.5 Å². The van der Waals surface area contributed by atoms with Crippen LogP contribution in [0.15, 0.2) is 51.8 Å². The maximum atomic E-state index is 12.7. The molecule has 0 radical (unpaired) electrons. The third-order valence-electron chi connectivity index (χ3n) is 3.69. The minimum atomic E-state index is -0.308. The summed E-state index contributed by atoms with van der Waals surface area (Å²) in [6.07, 6.45) is 1.70. The Morgan fingerprint density at radius 1 is 1.19 bits per heavy atom. The van der Waals surface area contributed by atoms with E-state index in [9.17, 15) is 9.59 Å². The fraction of sp³-hybridized carbons (Fsp3) is 0.158. The zero-order valence-electron chi connectivity index (χ0n) is 13.9. The van der Waals surface area contributed by atoms with Gasteiger partial charge in [-0.3, -0.25) is 14.5 Å². The third kappa shape index (κ3) is 4.31. The number of benzene rings is 2. The van der Waals surface area contributed by atoms with Gasteiger partial charge in [-0.1, -0.05) is 39.7 Å². The van der Waals surface area contributed by atoms with Gasteiger partial charge < -0.3 is 4.74 Å². The molecule has 1 aliphatic rings. The second kappa shape index (κ2) is 8.29. The summed E-state index contributed by atoms with van der Waals surface area (Å²) in [5, 5.41) is 0.324. The Balaban J connectivity index is 1.85. The summed E-state index contributed by atoms with van der Waals surface area (Å²) >= 11 is 10.2. The molecule has 0 saturated carbocycles. The summed E-state index contributed by atoms with van der Waals surface area (Å²) in [5.74, 6) is 0.359. The third-order valence-corrected chi connectivity index (χ3v) is 5.34. The molecule has 1 heterocycles. The first kappa shape index (κ1) is 19.0. The van der Waals surface area contributed by atoms with Crippen molar-refractivity contribution in [3.63, 3.8) is 0 Å². The number of hydrogen-bond donors (Lipinski definition) is 0.